The molecule has 0 unspecified atom stereocenters. The van der Waals surface area contributed by atoms with E-state index in [9.17, 15) is 9.18 Å². The van der Waals surface area contributed by atoms with Gasteiger partial charge in [0.1, 0.15) is 5.82 Å². The fourth-order valence-corrected chi connectivity index (χ4v) is 4.60. The molecule has 0 spiro atoms. The number of anilines is 1. The lowest BCUT2D eigenvalue weighted by Gasteiger charge is -2.24. The third-order valence-electron chi connectivity index (χ3n) is 6.10. The molecule has 2 aliphatic heterocycles. The monoisotopic (exact) mass is 420 g/mol. The highest BCUT2D eigenvalue weighted by Crippen LogP contribution is 2.37. The van der Waals surface area contributed by atoms with Gasteiger partial charge in [-0.2, -0.15) is 5.10 Å². The van der Waals surface area contributed by atoms with E-state index in [1.54, 1.807) is 34.0 Å². The Morgan fingerprint density at radius 1 is 1.10 bits per heavy atom. The average Bonchev–Trinajstić information content (AvgIpc) is 3.54. The first kappa shape index (κ1) is 19.7. The van der Waals surface area contributed by atoms with Crippen molar-refractivity contribution in [3.63, 3.8) is 0 Å². The van der Waals surface area contributed by atoms with E-state index in [4.69, 9.17) is 10.1 Å². The molecule has 3 aromatic rings. The number of aryl methyl sites for hydroxylation is 1. The number of hydrogen-bond acceptors (Lipinski definition) is 5. The van der Waals surface area contributed by atoms with Crippen molar-refractivity contribution >= 4 is 11.9 Å². The summed E-state index contributed by atoms with van der Waals surface area (Å²) in [4.78, 5) is 26.4. The second-order valence-electron chi connectivity index (χ2n) is 8.17. The van der Waals surface area contributed by atoms with Gasteiger partial charge in [-0.15, -0.1) is 0 Å². The summed E-state index contributed by atoms with van der Waals surface area (Å²) in [6, 6.07) is 7.82. The van der Waals surface area contributed by atoms with Crippen LogP contribution in [-0.4, -0.2) is 50.2 Å². The zero-order valence-electron chi connectivity index (χ0n) is 17.5. The van der Waals surface area contributed by atoms with Crippen LogP contribution in [0.5, 0.6) is 0 Å². The Kier molecular flexibility index (Phi) is 5.13. The van der Waals surface area contributed by atoms with E-state index in [1.165, 1.54) is 6.07 Å². The molecule has 2 aliphatic rings. The Hall–Kier alpha value is -3.29. The van der Waals surface area contributed by atoms with Crippen molar-refractivity contribution < 1.29 is 9.18 Å². The van der Waals surface area contributed by atoms with E-state index in [0.29, 0.717) is 6.54 Å². The van der Waals surface area contributed by atoms with E-state index in [0.717, 1.165) is 61.7 Å². The zero-order chi connectivity index (χ0) is 21.4. The van der Waals surface area contributed by atoms with E-state index in [1.807, 2.05) is 19.3 Å². The van der Waals surface area contributed by atoms with Crippen molar-refractivity contribution in [2.24, 2.45) is 7.05 Å². The lowest BCUT2D eigenvalue weighted by Crippen LogP contribution is -2.31. The van der Waals surface area contributed by atoms with Crippen LogP contribution in [0.3, 0.4) is 0 Å². The molecule has 0 N–H and O–H groups in total. The number of nitrogens with zero attached hydrogens (tertiary/aromatic N) is 6. The largest absolute Gasteiger partial charge is 0.341 e. The summed E-state index contributed by atoms with van der Waals surface area (Å²) in [5.74, 6) is -0.0568. The van der Waals surface area contributed by atoms with Gasteiger partial charge in [-0.05, 0) is 43.9 Å². The quantitative estimate of drug-likeness (QED) is 0.645. The summed E-state index contributed by atoms with van der Waals surface area (Å²) < 4.78 is 16.0. The van der Waals surface area contributed by atoms with Gasteiger partial charge in [0.05, 0.1) is 23.0 Å². The Labute approximate surface area is 180 Å². The van der Waals surface area contributed by atoms with Crippen LogP contribution >= 0.6 is 0 Å². The predicted octanol–water partition coefficient (Wildman–Crippen LogP) is 3.59. The molecule has 8 heteroatoms. The van der Waals surface area contributed by atoms with Gasteiger partial charge in [0.2, 0.25) is 5.95 Å². The number of halogens is 1. The molecule has 0 radical (unpaired) electrons. The summed E-state index contributed by atoms with van der Waals surface area (Å²) in [5.41, 5.74) is 2.59. The van der Waals surface area contributed by atoms with Gasteiger partial charge in [0.15, 0.2) is 0 Å². The molecular formula is C23H25FN6O. The smallest absolute Gasteiger partial charge is 0.257 e. The van der Waals surface area contributed by atoms with Crippen LogP contribution in [0.1, 0.15) is 47.8 Å². The van der Waals surface area contributed by atoms with Gasteiger partial charge >= 0.3 is 0 Å². The second-order valence-corrected chi connectivity index (χ2v) is 8.17. The molecular weight excluding hydrogens is 395 g/mol. The molecule has 1 amide bonds. The van der Waals surface area contributed by atoms with Gasteiger partial charge in [0, 0.05) is 44.6 Å². The van der Waals surface area contributed by atoms with Gasteiger partial charge in [-0.3, -0.25) is 9.48 Å². The molecule has 2 fully saturated rings. The lowest BCUT2D eigenvalue weighted by atomic mass is 10.0. The van der Waals surface area contributed by atoms with Crippen molar-refractivity contribution in [1.29, 1.82) is 0 Å². The van der Waals surface area contributed by atoms with Crippen LogP contribution < -0.4 is 4.90 Å². The predicted molar refractivity (Wildman–Crippen MR) is 115 cm³/mol. The number of hydrogen-bond donors (Lipinski definition) is 0. The van der Waals surface area contributed by atoms with E-state index in [-0.39, 0.29) is 17.5 Å². The Balaban J connectivity index is 1.50. The van der Waals surface area contributed by atoms with E-state index in [2.05, 4.69) is 9.88 Å². The number of rotatable bonds is 4. The second kappa shape index (κ2) is 8.09. The first-order chi connectivity index (χ1) is 15.1. The fraction of sp³-hybridized carbons (Fsp3) is 0.391. The molecule has 1 atom stereocenters. The standard InChI is InChI=1S/C23H25FN6O/c1-28-15-17(19-10-11-25-23(26-19)29-12-4-5-13-29)21(27-28)20-9-6-14-30(20)22(31)16-7-2-3-8-18(16)24/h2-3,7-8,10-11,15,20H,4-6,9,12-14H2,1H3/t20-/m1/s1. The molecule has 160 valence electrons. The minimum atomic E-state index is -0.495. The lowest BCUT2D eigenvalue weighted by molar-refractivity contribution is 0.0728. The third kappa shape index (κ3) is 3.66. The number of carbonyl (C=O) groups excluding carboxylic acids is 1. The van der Waals surface area contributed by atoms with Gasteiger partial charge in [-0.1, -0.05) is 12.1 Å². The van der Waals surface area contributed by atoms with Crippen LogP contribution in [0, 0.1) is 5.82 Å². The Bertz CT molecular complexity index is 1110. The maximum atomic E-state index is 14.3. The maximum absolute atomic E-state index is 14.3. The third-order valence-corrected chi connectivity index (χ3v) is 6.10. The molecule has 2 saturated heterocycles. The zero-order valence-corrected chi connectivity index (χ0v) is 17.5. The molecule has 0 saturated carbocycles. The summed E-state index contributed by atoms with van der Waals surface area (Å²) in [6.45, 7) is 2.52. The SMILES string of the molecule is Cn1cc(-c2ccnc(N3CCCC3)n2)c([C@H]2CCCN2C(=O)c2ccccc2F)n1. The molecule has 7 nitrogen and oxygen atoms in total. The van der Waals surface area contributed by atoms with Crippen molar-refractivity contribution in [1.82, 2.24) is 24.6 Å². The average molecular weight is 420 g/mol. The minimum absolute atomic E-state index is 0.102. The topological polar surface area (TPSA) is 67.2 Å². The molecule has 0 bridgehead atoms. The fourth-order valence-electron chi connectivity index (χ4n) is 4.60. The number of benzene rings is 1. The first-order valence-electron chi connectivity index (χ1n) is 10.8. The van der Waals surface area contributed by atoms with Crippen molar-refractivity contribution in [3.05, 3.63) is 59.8 Å². The van der Waals surface area contributed by atoms with Crippen LogP contribution in [-0.2, 0) is 7.05 Å². The van der Waals surface area contributed by atoms with Gasteiger partial charge < -0.3 is 9.80 Å². The number of amides is 1. The molecule has 0 aliphatic carbocycles. The number of likely N-dealkylation sites (tertiary alicyclic amines) is 1. The summed E-state index contributed by atoms with van der Waals surface area (Å²) in [5, 5.41) is 4.70. The van der Waals surface area contributed by atoms with Crippen LogP contribution in [0.25, 0.3) is 11.3 Å². The van der Waals surface area contributed by atoms with Crippen molar-refractivity contribution in [2.75, 3.05) is 24.5 Å². The van der Waals surface area contributed by atoms with Gasteiger partial charge in [0.25, 0.3) is 5.91 Å². The van der Waals surface area contributed by atoms with E-state index >= 15 is 0 Å². The van der Waals surface area contributed by atoms with Gasteiger partial charge in [-0.25, -0.2) is 14.4 Å². The highest BCUT2D eigenvalue weighted by Gasteiger charge is 2.35. The molecule has 5 rings (SSSR count). The highest BCUT2D eigenvalue weighted by atomic mass is 19.1. The molecule has 31 heavy (non-hydrogen) atoms. The normalized spacial score (nSPS) is 18.7. The minimum Gasteiger partial charge on any atom is -0.341 e. The first-order valence-corrected chi connectivity index (χ1v) is 10.8. The van der Waals surface area contributed by atoms with Crippen LogP contribution in [0.4, 0.5) is 10.3 Å². The summed E-state index contributed by atoms with van der Waals surface area (Å²) >= 11 is 0. The van der Waals surface area contributed by atoms with E-state index < -0.39 is 5.82 Å². The van der Waals surface area contributed by atoms with Crippen LogP contribution in [0.15, 0.2) is 42.7 Å². The van der Waals surface area contributed by atoms with Crippen molar-refractivity contribution in [3.8, 4) is 11.3 Å². The number of carbonyl (C=O) groups is 1. The molecule has 1 aromatic carbocycles. The Morgan fingerprint density at radius 2 is 1.90 bits per heavy atom. The summed E-state index contributed by atoms with van der Waals surface area (Å²) in [7, 11) is 1.87. The highest BCUT2D eigenvalue weighted by molar-refractivity contribution is 5.95. The molecule has 2 aromatic heterocycles. The molecule has 4 heterocycles. The maximum Gasteiger partial charge on any atom is 0.257 e. The Morgan fingerprint density at radius 3 is 2.71 bits per heavy atom. The summed E-state index contributed by atoms with van der Waals surface area (Å²) in [6.07, 6.45) is 7.67. The van der Waals surface area contributed by atoms with Crippen LogP contribution in [0.2, 0.25) is 0 Å². The van der Waals surface area contributed by atoms with Crippen molar-refractivity contribution in [2.45, 2.75) is 31.7 Å². The number of aromatic nitrogens is 4.